The highest BCUT2D eigenvalue weighted by Gasteiger charge is 2.26. The number of hydrogen-bond acceptors (Lipinski definition) is 6. The first kappa shape index (κ1) is 22.6. The van der Waals surface area contributed by atoms with Crippen molar-refractivity contribution in [3.05, 3.63) is 39.7 Å². The zero-order valence-corrected chi connectivity index (χ0v) is 18.5. The van der Waals surface area contributed by atoms with E-state index in [1.165, 1.54) is 29.4 Å². The van der Waals surface area contributed by atoms with Gasteiger partial charge < -0.3 is 5.11 Å². The number of carboxylic acid groups (broad SMARTS) is 1. The molecule has 2 N–H and O–H groups in total. The summed E-state index contributed by atoms with van der Waals surface area (Å²) >= 11 is 6.66. The molecular weight excluding hydrogens is 448 g/mol. The molecule has 2 aromatic rings. The number of nitrogens with one attached hydrogen (secondary N) is 1. The molecule has 0 saturated carbocycles. The Balaban J connectivity index is 2.45. The first-order valence-corrected chi connectivity index (χ1v) is 12.2. The predicted molar refractivity (Wildman–Crippen MR) is 108 cm³/mol. The quantitative estimate of drug-likeness (QED) is 0.616. The zero-order valence-electron chi connectivity index (χ0n) is 15.3. The minimum atomic E-state index is -4.10. The number of aryl methyl sites for hydroxylation is 1. The molecule has 0 amide bonds. The lowest BCUT2D eigenvalue weighted by Crippen LogP contribution is -2.30. The minimum absolute atomic E-state index is 0.00180. The van der Waals surface area contributed by atoms with Gasteiger partial charge in [-0.2, -0.15) is 4.31 Å². The largest absolute Gasteiger partial charge is 0.477 e. The Bertz CT molecular complexity index is 1110. The van der Waals surface area contributed by atoms with Crippen molar-refractivity contribution in [3.8, 4) is 0 Å². The summed E-state index contributed by atoms with van der Waals surface area (Å²) in [7, 11) is -8.00. The fraction of sp³-hybridized carbons (Fsp3) is 0.312. The summed E-state index contributed by atoms with van der Waals surface area (Å²) < 4.78 is 53.9. The van der Waals surface area contributed by atoms with E-state index in [0.717, 1.165) is 6.07 Å². The summed E-state index contributed by atoms with van der Waals surface area (Å²) in [6.45, 7) is 5.33. The van der Waals surface area contributed by atoms with Gasteiger partial charge in [0.1, 0.15) is 14.0 Å². The van der Waals surface area contributed by atoms with Crippen LogP contribution in [0.5, 0.6) is 0 Å². The van der Waals surface area contributed by atoms with Crippen molar-refractivity contribution < 1.29 is 26.7 Å². The fourth-order valence-corrected chi connectivity index (χ4v) is 6.86. The molecule has 0 aliphatic heterocycles. The van der Waals surface area contributed by atoms with Crippen molar-refractivity contribution in [1.29, 1.82) is 0 Å². The number of benzene rings is 1. The average molecular weight is 467 g/mol. The van der Waals surface area contributed by atoms with Crippen LogP contribution in [0.25, 0.3) is 0 Å². The van der Waals surface area contributed by atoms with Crippen LogP contribution in [0, 0.1) is 6.92 Å². The van der Waals surface area contributed by atoms with Crippen LogP contribution in [-0.4, -0.2) is 45.3 Å². The summed E-state index contributed by atoms with van der Waals surface area (Å²) in [6.07, 6.45) is 0. The van der Waals surface area contributed by atoms with E-state index < -0.39 is 26.0 Å². The second-order valence-electron chi connectivity index (χ2n) is 5.72. The molecule has 0 spiro atoms. The summed E-state index contributed by atoms with van der Waals surface area (Å²) in [5.74, 6) is -1.22. The molecule has 1 aromatic carbocycles. The van der Waals surface area contributed by atoms with Crippen LogP contribution >= 0.6 is 22.9 Å². The Labute approximate surface area is 172 Å². The Morgan fingerprint density at radius 3 is 2.29 bits per heavy atom. The normalized spacial score (nSPS) is 12.3. The highest BCUT2D eigenvalue weighted by atomic mass is 35.5. The van der Waals surface area contributed by atoms with Gasteiger partial charge in [-0.1, -0.05) is 25.4 Å². The van der Waals surface area contributed by atoms with Gasteiger partial charge in [-0.25, -0.2) is 21.6 Å². The average Bonchev–Trinajstić information content (AvgIpc) is 3.00. The number of thiophene rings is 1. The van der Waals surface area contributed by atoms with E-state index >= 15 is 0 Å². The molecule has 0 fully saturated rings. The standard InChI is InChI=1S/C16H19ClN2O6S3/c1-4-19(5-2)28(24,25)13-9-11(6-7-12(13)17)18-27(22,23)14-8-10(3)15(26-14)16(20)21/h6-9,18H,4-5H2,1-3H3,(H,20,21). The van der Waals surface area contributed by atoms with E-state index in [0.29, 0.717) is 16.9 Å². The molecule has 0 unspecified atom stereocenters. The molecule has 0 saturated heterocycles. The maximum absolute atomic E-state index is 12.7. The molecule has 2 rings (SSSR count). The maximum Gasteiger partial charge on any atom is 0.346 e. The summed E-state index contributed by atoms with van der Waals surface area (Å²) in [4.78, 5) is 10.8. The smallest absolute Gasteiger partial charge is 0.346 e. The second kappa shape index (κ2) is 8.37. The third kappa shape index (κ3) is 4.49. The third-order valence-corrected chi connectivity index (χ3v) is 9.47. The van der Waals surface area contributed by atoms with E-state index in [4.69, 9.17) is 16.7 Å². The van der Waals surface area contributed by atoms with E-state index in [1.54, 1.807) is 13.8 Å². The van der Waals surface area contributed by atoms with Crippen molar-refractivity contribution in [3.63, 3.8) is 0 Å². The number of aromatic carboxylic acids is 1. The molecule has 8 nitrogen and oxygen atoms in total. The molecule has 0 radical (unpaired) electrons. The van der Waals surface area contributed by atoms with Crippen LogP contribution in [0.1, 0.15) is 29.1 Å². The fourth-order valence-electron chi connectivity index (χ4n) is 2.47. The summed E-state index contributed by atoms with van der Waals surface area (Å²) in [6, 6.07) is 5.02. The van der Waals surface area contributed by atoms with Gasteiger partial charge in [0.05, 0.1) is 10.7 Å². The van der Waals surface area contributed by atoms with Gasteiger partial charge in [-0.15, -0.1) is 11.3 Å². The van der Waals surface area contributed by atoms with Gasteiger partial charge in [0.25, 0.3) is 10.0 Å². The molecule has 12 heteroatoms. The van der Waals surface area contributed by atoms with Crippen molar-refractivity contribution in [2.75, 3.05) is 17.8 Å². The van der Waals surface area contributed by atoms with Gasteiger partial charge in [0.15, 0.2) is 0 Å². The summed E-state index contributed by atoms with van der Waals surface area (Å²) in [5, 5.41) is 9.07. The van der Waals surface area contributed by atoms with Gasteiger partial charge >= 0.3 is 5.97 Å². The Kier molecular flexibility index (Phi) is 6.77. The number of carboxylic acids is 1. The molecule has 1 aromatic heterocycles. The minimum Gasteiger partial charge on any atom is -0.477 e. The Morgan fingerprint density at radius 2 is 1.79 bits per heavy atom. The number of carbonyl (C=O) groups is 1. The molecular formula is C16H19ClN2O6S3. The molecule has 154 valence electrons. The maximum atomic E-state index is 12.7. The van der Waals surface area contributed by atoms with Gasteiger partial charge in [-0.3, -0.25) is 4.72 Å². The first-order chi connectivity index (χ1) is 12.9. The lowest BCUT2D eigenvalue weighted by molar-refractivity contribution is 0.0701. The number of hydrogen-bond donors (Lipinski definition) is 2. The zero-order chi connectivity index (χ0) is 21.3. The third-order valence-electron chi connectivity index (χ3n) is 3.86. The van der Waals surface area contributed by atoms with Crippen LogP contribution in [0.2, 0.25) is 5.02 Å². The lowest BCUT2D eigenvalue weighted by Gasteiger charge is -2.19. The number of anilines is 1. The van der Waals surface area contributed by atoms with Crippen molar-refractivity contribution in [2.24, 2.45) is 0 Å². The molecule has 28 heavy (non-hydrogen) atoms. The van der Waals surface area contributed by atoms with Gasteiger partial charge in [0.2, 0.25) is 10.0 Å². The highest BCUT2D eigenvalue weighted by Crippen LogP contribution is 2.31. The number of nitrogens with zero attached hydrogens (tertiary/aromatic N) is 1. The van der Waals surface area contributed by atoms with Gasteiger partial charge in [-0.05, 0) is 36.8 Å². The van der Waals surface area contributed by atoms with Crippen LogP contribution in [0.3, 0.4) is 0 Å². The van der Waals surface area contributed by atoms with E-state index in [2.05, 4.69) is 4.72 Å². The van der Waals surface area contributed by atoms with Crippen LogP contribution < -0.4 is 4.72 Å². The molecule has 0 bridgehead atoms. The Hall–Kier alpha value is -1.66. The van der Waals surface area contributed by atoms with Crippen molar-refractivity contribution in [1.82, 2.24) is 4.31 Å². The lowest BCUT2D eigenvalue weighted by atomic mass is 10.3. The molecule has 0 atom stereocenters. The number of halogens is 1. The van der Waals surface area contributed by atoms with Crippen LogP contribution in [0.4, 0.5) is 5.69 Å². The second-order valence-corrected chi connectivity index (χ2v) is 11.0. The number of rotatable bonds is 8. The topological polar surface area (TPSA) is 121 Å². The van der Waals surface area contributed by atoms with E-state index in [1.807, 2.05) is 0 Å². The Morgan fingerprint density at radius 1 is 1.18 bits per heavy atom. The first-order valence-electron chi connectivity index (χ1n) is 8.10. The highest BCUT2D eigenvalue weighted by molar-refractivity contribution is 7.94. The molecule has 0 aliphatic rings. The van der Waals surface area contributed by atoms with Crippen LogP contribution in [0.15, 0.2) is 33.4 Å². The predicted octanol–water partition coefficient (Wildman–Crippen LogP) is 3.24. The van der Waals surface area contributed by atoms with Crippen LogP contribution in [-0.2, 0) is 20.0 Å². The van der Waals surface area contributed by atoms with Crippen molar-refractivity contribution >= 4 is 54.6 Å². The van der Waals surface area contributed by atoms with Crippen molar-refractivity contribution in [2.45, 2.75) is 29.9 Å². The van der Waals surface area contributed by atoms with Gasteiger partial charge in [0, 0.05) is 13.1 Å². The molecule has 1 heterocycles. The van der Waals surface area contributed by atoms with E-state index in [-0.39, 0.29) is 37.8 Å². The number of sulfonamides is 2. The molecule has 0 aliphatic carbocycles. The summed E-state index contributed by atoms with van der Waals surface area (Å²) in [5.41, 5.74) is 0.317. The SMILES string of the molecule is CCN(CC)S(=O)(=O)c1cc(NS(=O)(=O)c2cc(C)c(C(=O)O)s2)ccc1Cl. The monoisotopic (exact) mass is 466 g/mol. The van der Waals surface area contributed by atoms with E-state index in [9.17, 15) is 21.6 Å².